The molecule has 0 radical (unpaired) electrons. The van der Waals surface area contributed by atoms with Crippen LogP contribution in [0.1, 0.15) is 12.2 Å². The fraction of sp³-hybridized carbons (Fsp3) is 0.333. The first-order valence-electron chi connectivity index (χ1n) is 10.0. The van der Waals surface area contributed by atoms with Crippen molar-refractivity contribution in [3.63, 3.8) is 0 Å². The Labute approximate surface area is 190 Å². The molecule has 170 valence electrons. The maximum Gasteiger partial charge on any atom is 0.243 e. The first kappa shape index (κ1) is 22.7. The average molecular weight is 481 g/mol. The SMILES string of the molecule is Cn1c(CCC(=O)Nc2ccc(F)c(Cl)c2)nc2cc(S(=O)(=O)N3CCOCC3)ccc21. The number of nitrogens with zero attached hydrogens (tertiary/aromatic N) is 3. The number of nitrogens with one attached hydrogen (secondary N) is 1. The second kappa shape index (κ2) is 9.14. The Balaban J connectivity index is 1.48. The highest BCUT2D eigenvalue weighted by Gasteiger charge is 2.27. The number of carbonyl (C=O) groups is 1. The second-order valence-electron chi connectivity index (χ2n) is 7.43. The monoisotopic (exact) mass is 480 g/mol. The van der Waals surface area contributed by atoms with Crippen LogP contribution < -0.4 is 5.32 Å². The number of morpholine rings is 1. The third kappa shape index (κ3) is 4.63. The zero-order valence-electron chi connectivity index (χ0n) is 17.3. The molecule has 0 unspecified atom stereocenters. The van der Waals surface area contributed by atoms with E-state index in [1.54, 1.807) is 18.2 Å². The Morgan fingerprint density at radius 1 is 1.22 bits per heavy atom. The van der Waals surface area contributed by atoms with Gasteiger partial charge >= 0.3 is 0 Å². The molecule has 3 aromatic rings. The molecule has 1 aromatic heterocycles. The molecule has 1 fully saturated rings. The van der Waals surface area contributed by atoms with Crippen molar-refractivity contribution in [1.82, 2.24) is 13.9 Å². The van der Waals surface area contributed by atoms with Crippen molar-refractivity contribution in [3.05, 3.63) is 53.1 Å². The van der Waals surface area contributed by atoms with Crippen LogP contribution in [-0.2, 0) is 33.0 Å². The topological polar surface area (TPSA) is 93.5 Å². The summed E-state index contributed by atoms with van der Waals surface area (Å²) in [6.07, 6.45) is 0.489. The number of fused-ring (bicyclic) bond motifs is 1. The molecule has 0 saturated carbocycles. The maximum atomic E-state index is 13.3. The van der Waals surface area contributed by atoms with Crippen molar-refractivity contribution in [3.8, 4) is 0 Å². The van der Waals surface area contributed by atoms with Gasteiger partial charge in [-0.05, 0) is 36.4 Å². The van der Waals surface area contributed by atoms with Crippen LogP contribution in [0.4, 0.5) is 10.1 Å². The van der Waals surface area contributed by atoms with Crippen LogP contribution in [0.5, 0.6) is 0 Å². The zero-order valence-corrected chi connectivity index (χ0v) is 18.9. The van der Waals surface area contributed by atoms with E-state index in [4.69, 9.17) is 16.3 Å². The van der Waals surface area contributed by atoms with Crippen molar-refractivity contribution < 1.29 is 22.3 Å². The minimum absolute atomic E-state index is 0.0685. The van der Waals surface area contributed by atoms with E-state index in [1.165, 1.54) is 22.5 Å². The summed E-state index contributed by atoms with van der Waals surface area (Å²) in [5, 5.41) is 2.61. The van der Waals surface area contributed by atoms with Crippen molar-refractivity contribution >= 4 is 44.3 Å². The molecule has 0 spiro atoms. The summed E-state index contributed by atoms with van der Waals surface area (Å²) >= 11 is 5.74. The van der Waals surface area contributed by atoms with Crippen molar-refractivity contribution in [2.75, 3.05) is 31.6 Å². The summed E-state index contributed by atoms with van der Waals surface area (Å²) in [5.41, 5.74) is 1.72. The third-order valence-corrected chi connectivity index (χ3v) is 7.52. The van der Waals surface area contributed by atoms with Gasteiger partial charge in [0.05, 0.1) is 34.2 Å². The molecule has 11 heteroatoms. The van der Waals surface area contributed by atoms with Gasteiger partial charge < -0.3 is 14.6 Å². The number of halogens is 2. The molecule has 2 aromatic carbocycles. The van der Waals surface area contributed by atoms with E-state index in [0.29, 0.717) is 49.8 Å². The minimum atomic E-state index is -3.62. The molecule has 1 N–H and O–H groups in total. The summed E-state index contributed by atoms with van der Waals surface area (Å²) in [7, 11) is -1.80. The van der Waals surface area contributed by atoms with Gasteiger partial charge in [-0.2, -0.15) is 4.31 Å². The Bertz CT molecular complexity index is 1270. The first-order valence-corrected chi connectivity index (χ1v) is 11.9. The number of aromatic nitrogens is 2. The van der Waals surface area contributed by atoms with Gasteiger partial charge in [-0.25, -0.2) is 17.8 Å². The number of carbonyl (C=O) groups excluding carboxylic acids is 1. The summed E-state index contributed by atoms with van der Waals surface area (Å²) < 4.78 is 47.6. The van der Waals surface area contributed by atoms with Crippen LogP contribution in [0.25, 0.3) is 11.0 Å². The van der Waals surface area contributed by atoms with E-state index in [0.717, 1.165) is 5.52 Å². The number of amides is 1. The van der Waals surface area contributed by atoms with Crippen LogP contribution in [0.2, 0.25) is 5.02 Å². The van der Waals surface area contributed by atoms with Crippen LogP contribution in [-0.4, -0.2) is 54.5 Å². The van der Waals surface area contributed by atoms with Crippen LogP contribution in [0.3, 0.4) is 0 Å². The van der Waals surface area contributed by atoms with E-state index in [2.05, 4.69) is 10.3 Å². The molecule has 2 heterocycles. The predicted molar refractivity (Wildman–Crippen MR) is 119 cm³/mol. The molecule has 1 aliphatic heterocycles. The lowest BCUT2D eigenvalue weighted by molar-refractivity contribution is -0.116. The van der Waals surface area contributed by atoms with E-state index in [9.17, 15) is 17.6 Å². The molecule has 0 aliphatic carbocycles. The van der Waals surface area contributed by atoms with Gasteiger partial charge in [0, 0.05) is 38.7 Å². The van der Waals surface area contributed by atoms with Gasteiger partial charge in [0.1, 0.15) is 11.6 Å². The number of aryl methyl sites for hydroxylation is 2. The highest BCUT2D eigenvalue weighted by molar-refractivity contribution is 7.89. The summed E-state index contributed by atoms with van der Waals surface area (Å²) in [6, 6.07) is 8.82. The number of ether oxygens (including phenoxy) is 1. The van der Waals surface area contributed by atoms with E-state index < -0.39 is 15.8 Å². The molecular formula is C21H22ClFN4O4S. The van der Waals surface area contributed by atoms with Crippen molar-refractivity contribution in [2.45, 2.75) is 17.7 Å². The first-order chi connectivity index (χ1) is 15.3. The Morgan fingerprint density at radius 2 is 1.97 bits per heavy atom. The Hall–Kier alpha value is -2.53. The molecular weight excluding hydrogens is 459 g/mol. The lowest BCUT2D eigenvalue weighted by atomic mass is 10.2. The second-order valence-corrected chi connectivity index (χ2v) is 9.78. The molecule has 0 atom stereocenters. The van der Waals surface area contributed by atoms with Gasteiger partial charge in [-0.15, -0.1) is 0 Å². The molecule has 4 rings (SSSR count). The largest absolute Gasteiger partial charge is 0.379 e. The summed E-state index contributed by atoms with van der Waals surface area (Å²) in [6.45, 7) is 1.40. The van der Waals surface area contributed by atoms with Gasteiger partial charge in [-0.3, -0.25) is 4.79 Å². The lowest BCUT2D eigenvalue weighted by Gasteiger charge is -2.26. The van der Waals surface area contributed by atoms with Crippen LogP contribution in [0.15, 0.2) is 41.3 Å². The number of anilines is 1. The molecule has 1 amide bonds. The number of rotatable bonds is 6. The molecule has 1 saturated heterocycles. The van der Waals surface area contributed by atoms with Gasteiger partial charge in [0.2, 0.25) is 15.9 Å². The number of benzene rings is 2. The molecule has 32 heavy (non-hydrogen) atoms. The normalized spacial score (nSPS) is 15.2. The highest BCUT2D eigenvalue weighted by atomic mass is 35.5. The van der Waals surface area contributed by atoms with Crippen molar-refractivity contribution in [1.29, 1.82) is 0 Å². The quantitative estimate of drug-likeness (QED) is 0.585. The summed E-state index contributed by atoms with van der Waals surface area (Å²) in [4.78, 5) is 17.0. The standard InChI is InChI=1S/C21H22ClFN4O4S/c1-26-19-5-3-15(32(29,30)27-8-10-31-11-9-27)13-18(19)25-20(26)6-7-21(28)24-14-2-4-17(23)16(22)12-14/h2-5,12-13H,6-11H2,1H3,(H,24,28). The van der Waals surface area contributed by atoms with Gasteiger partial charge in [-0.1, -0.05) is 11.6 Å². The molecule has 1 aliphatic rings. The number of hydrogen-bond acceptors (Lipinski definition) is 5. The minimum Gasteiger partial charge on any atom is -0.379 e. The number of imidazole rings is 1. The fourth-order valence-electron chi connectivity index (χ4n) is 3.57. The van der Waals surface area contributed by atoms with Crippen LogP contribution >= 0.6 is 11.6 Å². The fourth-order valence-corrected chi connectivity index (χ4v) is 5.18. The third-order valence-electron chi connectivity index (χ3n) is 5.33. The van der Waals surface area contributed by atoms with Gasteiger partial charge in [0.25, 0.3) is 0 Å². The average Bonchev–Trinajstić information content (AvgIpc) is 3.10. The number of hydrogen-bond donors (Lipinski definition) is 1. The molecule has 0 bridgehead atoms. The van der Waals surface area contributed by atoms with E-state index in [-0.39, 0.29) is 22.2 Å². The Kier molecular flexibility index (Phi) is 6.47. The van der Waals surface area contributed by atoms with E-state index in [1.807, 2.05) is 11.6 Å². The molecule has 8 nitrogen and oxygen atoms in total. The lowest BCUT2D eigenvalue weighted by Crippen LogP contribution is -2.40. The Morgan fingerprint density at radius 3 is 2.69 bits per heavy atom. The smallest absolute Gasteiger partial charge is 0.243 e. The predicted octanol–water partition coefficient (Wildman–Crippen LogP) is 2.96. The van der Waals surface area contributed by atoms with Gasteiger partial charge in [0.15, 0.2) is 0 Å². The number of sulfonamides is 1. The van der Waals surface area contributed by atoms with Crippen LogP contribution in [0, 0.1) is 5.82 Å². The van der Waals surface area contributed by atoms with Crippen molar-refractivity contribution in [2.24, 2.45) is 7.05 Å². The zero-order chi connectivity index (χ0) is 22.9. The maximum absolute atomic E-state index is 13.3. The highest BCUT2D eigenvalue weighted by Crippen LogP contribution is 2.24. The summed E-state index contributed by atoms with van der Waals surface area (Å²) in [5.74, 6) is -0.178. The van der Waals surface area contributed by atoms with E-state index >= 15 is 0 Å².